The SMILES string of the molecule is CCCCCCCCCCC(CCCCCCCC)CN1C(=O)C(c2ccc(Br)cc2)C2(C)C=Cc3c4c(ccc3=C12)=C(c1ccc(Br)cc1)C(=O)N4CC(CCCCCCCC)CCCCCCCCCC. The summed E-state index contributed by atoms with van der Waals surface area (Å²) in [6.07, 6.45) is 45.8. The second-order valence-electron chi connectivity index (χ2n) is 23.0. The van der Waals surface area contributed by atoms with Gasteiger partial charge in [0.2, 0.25) is 5.91 Å². The van der Waals surface area contributed by atoms with Crippen molar-refractivity contribution in [2.75, 3.05) is 18.0 Å². The molecule has 0 radical (unpaired) electrons. The molecule has 1 saturated heterocycles. The largest absolute Gasteiger partial charge is 0.314 e. The number of likely N-dealkylation sites (tertiary alicyclic amines) is 1. The Kier molecular flexibility index (Phi) is 25.9. The van der Waals surface area contributed by atoms with Gasteiger partial charge in [-0.1, -0.05) is 288 Å². The van der Waals surface area contributed by atoms with E-state index in [0.717, 1.165) is 79.0 Å². The molecule has 0 N–H and O–H groups in total. The highest BCUT2D eigenvalue weighted by molar-refractivity contribution is 9.10. The number of hydrogen-bond donors (Lipinski definition) is 0. The summed E-state index contributed by atoms with van der Waals surface area (Å²) >= 11 is 7.38. The van der Waals surface area contributed by atoms with E-state index in [1.165, 1.54) is 193 Å². The molecule has 402 valence electrons. The van der Waals surface area contributed by atoms with Crippen molar-refractivity contribution in [1.82, 2.24) is 4.90 Å². The lowest BCUT2D eigenvalue weighted by Gasteiger charge is -2.34. The lowest BCUT2D eigenvalue weighted by Crippen LogP contribution is -2.38. The number of halogens is 2. The van der Waals surface area contributed by atoms with Gasteiger partial charge in [-0.25, -0.2) is 0 Å². The number of carbonyl (C=O) groups excluding carboxylic acids is 2. The molecule has 0 saturated carbocycles. The fourth-order valence-electron chi connectivity index (χ4n) is 12.8. The van der Waals surface area contributed by atoms with Crippen LogP contribution in [-0.2, 0) is 9.59 Å². The molecule has 0 bridgehead atoms. The standard InChI is InChI=1S/C67H98Br2N2O2/c1-6-10-14-18-22-24-28-32-35-52(34-30-26-20-16-12-8-3)50-70-63-58-48-49-67(5)62(55-40-44-57(69)45-41-55)66(73)71(51-53(36-31-27-21-17-13-9-4)37-33-29-25-23-19-15-11-7-2)64(67)59(58)46-47-60(63)61(65(70)72)54-38-42-56(68)43-39-54/h38-49,52-53,62H,6-37,50-51H2,1-5H3. The van der Waals surface area contributed by atoms with Crippen LogP contribution in [0.1, 0.15) is 263 Å². The van der Waals surface area contributed by atoms with E-state index in [1.807, 2.05) is 0 Å². The Balaban J connectivity index is 1.41. The van der Waals surface area contributed by atoms with Crippen molar-refractivity contribution in [2.24, 2.45) is 17.3 Å². The highest BCUT2D eigenvalue weighted by atomic mass is 79.9. The molecule has 3 aromatic rings. The maximum atomic E-state index is 15.6. The van der Waals surface area contributed by atoms with Crippen LogP contribution in [0.3, 0.4) is 0 Å². The molecule has 1 fully saturated rings. The zero-order valence-corrected chi connectivity index (χ0v) is 49.8. The minimum atomic E-state index is -0.544. The first-order valence-corrected chi connectivity index (χ1v) is 32.0. The molecule has 6 rings (SSSR count). The third kappa shape index (κ3) is 16.8. The maximum Gasteiger partial charge on any atom is 0.259 e. The number of nitrogens with zero attached hydrogens (tertiary/aromatic N) is 2. The first-order valence-electron chi connectivity index (χ1n) is 30.4. The second kappa shape index (κ2) is 31.9. The van der Waals surface area contributed by atoms with E-state index in [2.05, 4.69) is 149 Å². The molecule has 4 nitrogen and oxygen atoms in total. The number of anilines is 1. The topological polar surface area (TPSA) is 40.6 Å². The highest BCUT2D eigenvalue weighted by Crippen LogP contribution is 2.54. The van der Waals surface area contributed by atoms with Crippen molar-refractivity contribution < 1.29 is 9.59 Å². The number of rotatable bonds is 38. The average Bonchev–Trinajstić information content (AvgIpc) is 3.79. The van der Waals surface area contributed by atoms with Gasteiger partial charge in [0.25, 0.3) is 5.91 Å². The zero-order chi connectivity index (χ0) is 51.8. The van der Waals surface area contributed by atoms with Crippen LogP contribution in [0.5, 0.6) is 0 Å². The molecule has 0 aromatic heterocycles. The van der Waals surface area contributed by atoms with E-state index in [0.29, 0.717) is 11.8 Å². The van der Waals surface area contributed by atoms with Crippen molar-refractivity contribution >= 4 is 66.7 Å². The molecule has 73 heavy (non-hydrogen) atoms. The van der Waals surface area contributed by atoms with Gasteiger partial charge in [0.05, 0.1) is 17.2 Å². The van der Waals surface area contributed by atoms with Crippen LogP contribution in [0.25, 0.3) is 17.3 Å². The Morgan fingerprint density at radius 1 is 0.479 bits per heavy atom. The van der Waals surface area contributed by atoms with Gasteiger partial charge in [-0.2, -0.15) is 0 Å². The van der Waals surface area contributed by atoms with Crippen molar-refractivity contribution in [3.8, 4) is 0 Å². The molecule has 4 atom stereocenters. The predicted molar refractivity (Wildman–Crippen MR) is 321 cm³/mol. The number of hydrogen-bond acceptors (Lipinski definition) is 2. The van der Waals surface area contributed by atoms with E-state index in [4.69, 9.17) is 0 Å². The molecule has 2 amide bonds. The number of carbonyl (C=O) groups is 2. The number of fused-ring (bicyclic) bond motifs is 4. The normalized spacial score (nSPS) is 18.0. The van der Waals surface area contributed by atoms with Gasteiger partial charge in [0.1, 0.15) is 0 Å². The fourth-order valence-corrected chi connectivity index (χ4v) is 13.3. The Bertz CT molecular complexity index is 2280. The van der Waals surface area contributed by atoms with Crippen LogP contribution in [0, 0.1) is 17.3 Å². The van der Waals surface area contributed by atoms with E-state index < -0.39 is 5.41 Å². The Morgan fingerprint density at radius 2 is 0.863 bits per heavy atom. The lowest BCUT2D eigenvalue weighted by atomic mass is 9.71. The van der Waals surface area contributed by atoms with E-state index >= 15 is 9.59 Å². The Morgan fingerprint density at radius 3 is 1.30 bits per heavy atom. The van der Waals surface area contributed by atoms with Crippen molar-refractivity contribution in [3.05, 3.63) is 103 Å². The minimum absolute atomic E-state index is 0.123. The van der Waals surface area contributed by atoms with Gasteiger partial charge in [-0.15, -0.1) is 0 Å². The monoisotopic (exact) mass is 1120 g/mol. The number of benzene rings is 3. The molecule has 2 heterocycles. The van der Waals surface area contributed by atoms with Crippen LogP contribution in [0.2, 0.25) is 0 Å². The van der Waals surface area contributed by atoms with Crippen LogP contribution in [0.15, 0.2) is 75.7 Å². The van der Waals surface area contributed by atoms with Gasteiger partial charge in [-0.3, -0.25) is 9.59 Å². The van der Waals surface area contributed by atoms with E-state index in [-0.39, 0.29) is 17.7 Å². The Labute approximate surface area is 462 Å². The van der Waals surface area contributed by atoms with Crippen LogP contribution in [0.4, 0.5) is 5.69 Å². The second-order valence-corrected chi connectivity index (χ2v) is 24.8. The van der Waals surface area contributed by atoms with Crippen LogP contribution in [-0.4, -0.2) is 29.8 Å². The van der Waals surface area contributed by atoms with Gasteiger partial charge in [-0.05, 0) is 79.8 Å². The van der Waals surface area contributed by atoms with Crippen molar-refractivity contribution in [3.63, 3.8) is 0 Å². The van der Waals surface area contributed by atoms with Crippen molar-refractivity contribution in [2.45, 2.75) is 246 Å². The minimum Gasteiger partial charge on any atom is -0.314 e. The van der Waals surface area contributed by atoms with Gasteiger partial charge < -0.3 is 9.80 Å². The third-order valence-corrected chi connectivity index (χ3v) is 18.1. The first kappa shape index (κ1) is 59.3. The third-order valence-electron chi connectivity index (χ3n) is 17.0. The maximum absolute atomic E-state index is 15.6. The summed E-state index contributed by atoms with van der Waals surface area (Å²) < 4.78 is 2.04. The molecule has 2 aliphatic heterocycles. The first-order chi connectivity index (χ1) is 35.7. The quantitative estimate of drug-likeness (QED) is 0.0537. The molecular formula is C67H98Br2N2O2. The van der Waals surface area contributed by atoms with Gasteiger partial charge in [0.15, 0.2) is 0 Å². The number of unbranched alkanes of at least 4 members (excludes halogenated alkanes) is 24. The van der Waals surface area contributed by atoms with Gasteiger partial charge >= 0.3 is 0 Å². The summed E-state index contributed by atoms with van der Waals surface area (Å²) in [4.78, 5) is 35.5. The highest BCUT2D eigenvalue weighted by Gasteiger charge is 2.54. The predicted octanol–water partition coefficient (Wildman–Crippen LogP) is 19.3. The molecule has 3 aliphatic rings. The zero-order valence-electron chi connectivity index (χ0n) is 46.7. The molecule has 1 aliphatic carbocycles. The summed E-state index contributed by atoms with van der Waals surface area (Å²) in [5.41, 5.74) is 5.61. The summed E-state index contributed by atoms with van der Waals surface area (Å²) in [6, 6.07) is 21.4. The van der Waals surface area contributed by atoms with Crippen molar-refractivity contribution in [1.29, 1.82) is 0 Å². The molecular weight excluding hydrogens is 1020 g/mol. The smallest absolute Gasteiger partial charge is 0.259 e. The molecule has 0 spiro atoms. The lowest BCUT2D eigenvalue weighted by molar-refractivity contribution is -0.128. The summed E-state index contributed by atoms with van der Waals surface area (Å²) in [6.45, 7) is 13.0. The molecule has 6 heteroatoms. The molecule has 3 aromatic carbocycles. The number of amides is 2. The molecule has 4 unspecified atom stereocenters. The van der Waals surface area contributed by atoms with Crippen LogP contribution < -0.4 is 15.3 Å². The van der Waals surface area contributed by atoms with Gasteiger partial charge in [0, 0.05) is 49.1 Å². The Hall–Kier alpha value is -2.96. The fraction of sp³-hybridized carbons (Fsp3) is 0.642. The summed E-state index contributed by atoms with van der Waals surface area (Å²) in [5, 5.41) is 2.16. The van der Waals surface area contributed by atoms with E-state index in [9.17, 15) is 0 Å². The van der Waals surface area contributed by atoms with Crippen LogP contribution >= 0.6 is 31.9 Å². The summed E-state index contributed by atoms with van der Waals surface area (Å²) in [7, 11) is 0. The summed E-state index contributed by atoms with van der Waals surface area (Å²) in [5.74, 6) is 0.883. The van der Waals surface area contributed by atoms with E-state index in [1.54, 1.807) is 0 Å². The average molecular weight is 1120 g/mol.